The van der Waals surface area contributed by atoms with Crippen molar-refractivity contribution in [2.75, 3.05) is 5.32 Å². The zero-order valence-electron chi connectivity index (χ0n) is 11.1. The third-order valence-corrected chi connectivity index (χ3v) is 2.59. The normalized spacial score (nSPS) is 11.3. The van der Waals surface area contributed by atoms with Crippen molar-refractivity contribution in [1.82, 2.24) is 9.78 Å². The Labute approximate surface area is 130 Å². The van der Waals surface area contributed by atoms with E-state index in [1.165, 1.54) is 12.1 Å². The summed E-state index contributed by atoms with van der Waals surface area (Å²) < 4.78 is 28.2. The summed E-state index contributed by atoms with van der Waals surface area (Å²) >= 11 is -2.85. The molecule has 2 rings (SSSR count). The van der Waals surface area contributed by atoms with Crippen LogP contribution < -0.4 is 10.1 Å². The highest BCUT2D eigenvalue weighted by Crippen LogP contribution is 2.23. The second kappa shape index (κ2) is 7.24. The van der Waals surface area contributed by atoms with Crippen molar-refractivity contribution in [1.29, 1.82) is 0 Å². The Morgan fingerprint density at radius 1 is 1.30 bits per heavy atom. The van der Waals surface area contributed by atoms with E-state index in [1.54, 1.807) is 18.2 Å². The number of nitrogens with one attached hydrogen (secondary N) is 1. The average Bonchev–Trinajstić information content (AvgIpc) is 2.90. The molecule has 1 amide bonds. The summed E-state index contributed by atoms with van der Waals surface area (Å²) in [5.74, 6) is -0.210. The van der Waals surface area contributed by atoms with Crippen LogP contribution in [0.25, 0.3) is 0 Å². The Morgan fingerprint density at radius 2 is 2.00 bits per heavy atom. The lowest BCUT2D eigenvalue weighted by Gasteiger charge is -2.02. The summed E-state index contributed by atoms with van der Waals surface area (Å²) in [4.78, 5) is 33.7. The van der Waals surface area contributed by atoms with Gasteiger partial charge in [0, 0.05) is 0 Å². The van der Waals surface area contributed by atoms with Crippen molar-refractivity contribution in [3.8, 4) is 5.75 Å². The monoisotopic (exact) mass is 340 g/mol. The Kier molecular flexibility index (Phi) is 5.11. The third kappa shape index (κ3) is 4.42. The molecule has 11 nitrogen and oxygen atoms in total. The van der Waals surface area contributed by atoms with Crippen molar-refractivity contribution < 1.29 is 27.3 Å². The first-order valence-electron chi connectivity index (χ1n) is 5.80. The van der Waals surface area contributed by atoms with Crippen molar-refractivity contribution in [3.05, 3.63) is 41.4 Å². The molecule has 23 heavy (non-hydrogen) atoms. The summed E-state index contributed by atoms with van der Waals surface area (Å²) in [6.07, 6.45) is -1.42. The molecule has 0 aliphatic carbocycles. The van der Waals surface area contributed by atoms with Gasteiger partial charge in [0.1, 0.15) is 5.75 Å². The van der Waals surface area contributed by atoms with E-state index in [0.717, 1.165) is 6.20 Å². The van der Waals surface area contributed by atoms with Crippen LogP contribution >= 0.6 is 0 Å². The van der Waals surface area contributed by atoms with E-state index in [-0.39, 0.29) is 5.75 Å². The SMILES string of the molecule is O=Nc1cn(C(=O)Oc2ccccc2)nc1NC(=O)OS(=O)O. The van der Waals surface area contributed by atoms with Gasteiger partial charge in [-0.1, -0.05) is 18.2 Å². The van der Waals surface area contributed by atoms with Crippen LogP contribution in [0.3, 0.4) is 0 Å². The number of rotatable bonds is 4. The Hall–Kier alpha value is -3.12. The van der Waals surface area contributed by atoms with Gasteiger partial charge in [0.25, 0.3) is 0 Å². The van der Waals surface area contributed by atoms with Crippen molar-refractivity contribution in [2.24, 2.45) is 5.18 Å². The first-order valence-corrected chi connectivity index (χ1v) is 6.83. The first-order chi connectivity index (χ1) is 11.0. The minimum Gasteiger partial charge on any atom is -0.409 e. The van der Waals surface area contributed by atoms with Crippen LogP contribution in [0.4, 0.5) is 21.1 Å². The molecular formula is C11H8N4O7S. The molecule has 12 heteroatoms. The molecule has 0 saturated carbocycles. The molecule has 0 aliphatic rings. The van der Waals surface area contributed by atoms with E-state index in [4.69, 9.17) is 9.29 Å². The summed E-state index contributed by atoms with van der Waals surface area (Å²) in [5.41, 5.74) is -0.407. The van der Waals surface area contributed by atoms with Crippen LogP contribution in [-0.2, 0) is 15.5 Å². The third-order valence-electron chi connectivity index (χ3n) is 2.30. The van der Waals surface area contributed by atoms with Gasteiger partial charge in [-0.3, -0.25) is 9.87 Å². The van der Waals surface area contributed by atoms with Gasteiger partial charge in [-0.05, 0) is 17.3 Å². The quantitative estimate of drug-likeness (QED) is 0.634. The maximum atomic E-state index is 11.9. The summed E-state index contributed by atoms with van der Waals surface area (Å²) in [6, 6.07) is 8.05. The average molecular weight is 340 g/mol. The lowest BCUT2D eigenvalue weighted by atomic mass is 10.3. The number of amides is 1. The van der Waals surface area contributed by atoms with Crippen LogP contribution in [0.15, 0.2) is 41.7 Å². The minimum absolute atomic E-state index is 0.234. The van der Waals surface area contributed by atoms with Crippen molar-refractivity contribution in [2.45, 2.75) is 0 Å². The predicted molar refractivity (Wildman–Crippen MR) is 76.4 cm³/mol. The van der Waals surface area contributed by atoms with E-state index >= 15 is 0 Å². The van der Waals surface area contributed by atoms with Gasteiger partial charge in [0.05, 0.1) is 6.20 Å². The Bertz CT molecular complexity index is 761. The Balaban J connectivity index is 2.14. The van der Waals surface area contributed by atoms with Crippen LogP contribution in [-0.4, -0.2) is 30.7 Å². The van der Waals surface area contributed by atoms with Gasteiger partial charge in [-0.25, -0.2) is 9.59 Å². The van der Waals surface area contributed by atoms with E-state index in [0.29, 0.717) is 4.68 Å². The fraction of sp³-hybridized carbons (Fsp3) is 0. The molecule has 1 aromatic carbocycles. The topological polar surface area (TPSA) is 149 Å². The highest BCUT2D eigenvalue weighted by atomic mass is 32.2. The van der Waals surface area contributed by atoms with Gasteiger partial charge in [0.15, 0.2) is 11.5 Å². The number of carbonyl (C=O) groups excluding carboxylic acids is 2. The predicted octanol–water partition coefficient (Wildman–Crippen LogP) is 2.01. The minimum atomic E-state index is -2.85. The number of benzene rings is 1. The maximum absolute atomic E-state index is 11.9. The molecule has 120 valence electrons. The van der Waals surface area contributed by atoms with E-state index in [9.17, 15) is 18.7 Å². The summed E-state index contributed by atoms with van der Waals surface area (Å²) in [6.45, 7) is 0. The van der Waals surface area contributed by atoms with E-state index < -0.39 is 35.1 Å². The number of aromatic nitrogens is 2. The second-order valence-corrected chi connectivity index (χ2v) is 4.39. The second-order valence-electron chi connectivity index (χ2n) is 3.79. The molecule has 0 radical (unpaired) electrons. The van der Waals surface area contributed by atoms with E-state index in [2.05, 4.69) is 14.5 Å². The molecule has 0 fully saturated rings. The first kappa shape index (κ1) is 16.3. The molecule has 1 unspecified atom stereocenters. The van der Waals surface area contributed by atoms with Gasteiger partial charge in [-0.2, -0.15) is 8.89 Å². The zero-order chi connectivity index (χ0) is 16.8. The standard InChI is InChI=1S/C11H8N4O7S/c16-10(22-23(19)20)12-9-8(14-18)6-15(13-9)11(17)21-7-4-2-1-3-5-7/h1-6H,(H,19,20)(H,12,13,16). The molecule has 2 N–H and O–H groups in total. The molecular weight excluding hydrogens is 332 g/mol. The van der Waals surface area contributed by atoms with Gasteiger partial charge >= 0.3 is 23.5 Å². The lowest BCUT2D eigenvalue weighted by molar-refractivity contribution is 0.198. The number of para-hydroxylation sites is 1. The highest BCUT2D eigenvalue weighted by molar-refractivity contribution is 7.74. The summed E-state index contributed by atoms with van der Waals surface area (Å²) in [7, 11) is 0. The molecule has 1 aromatic heterocycles. The number of carbonyl (C=O) groups is 2. The molecule has 1 heterocycles. The lowest BCUT2D eigenvalue weighted by Crippen LogP contribution is -2.19. The van der Waals surface area contributed by atoms with Crippen LogP contribution in [0.2, 0.25) is 0 Å². The number of hydrogen-bond donors (Lipinski definition) is 2. The zero-order valence-corrected chi connectivity index (χ0v) is 11.9. The van der Waals surface area contributed by atoms with Gasteiger partial charge in [0.2, 0.25) is 0 Å². The molecule has 0 spiro atoms. The molecule has 1 atom stereocenters. The van der Waals surface area contributed by atoms with Gasteiger partial charge < -0.3 is 8.92 Å². The number of anilines is 1. The fourth-order valence-electron chi connectivity index (χ4n) is 1.43. The molecule has 2 aromatic rings. The van der Waals surface area contributed by atoms with Crippen LogP contribution in [0.1, 0.15) is 0 Å². The largest absolute Gasteiger partial charge is 0.440 e. The highest BCUT2D eigenvalue weighted by Gasteiger charge is 2.19. The van der Waals surface area contributed by atoms with Gasteiger partial charge in [-0.15, -0.1) is 10.0 Å². The summed E-state index contributed by atoms with van der Waals surface area (Å²) in [5, 5.41) is 8.03. The number of hydrogen-bond acceptors (Lipinski definition) is 8. The number of nitroso groups, excluding NO2 is 1. The fourth-order valence-corrected chi connectivity index (χ4v) is 1.60. The van der Waals surface area contributed by atoms with Crippen LogP contribution in [0, 0.1) is 4.91 Å². The van der Waals surface area contributed by atoms with Crippen molar-refractivity contribution in [3.63, 3.8) is 0 Å². The number of nitrogens with zero attached hydrogens (tertiary/aromatic N) is 3. The number of ether oxygens (including phenoxy) is 1. The van der Waals surface area contributed by atoms with Crippen molar-refractivity contribution >= 4 is 35.1 Å². The van der Waals surface area contributed by atoms with Crippen LogP contribution in [0.5, 0.6) is 5.75 Å². The van der Waals surface area contributed by atoms with E-state index in [1.807, 2.05) is 5.32 Å². The smallest absolute Gasteiger partial charge is 0.409 e. The molecule has 0 saturated heterocycles. The Morgan fingerprint density at radius 3 is 2.61 bits per heavy atom. The molecule has 0 bridgehead atoms. The molecule has 0 aliphatic heterocycles. The maximum Gasteiger partial charge on any atom is 0.440 e.